The molecule has 4 heterocycles. The van der Waals surface area contributed by atoms with Gasteiger partial charge in [0.15, 0.2) is 18.1 Å². The SMILES string of the molecule is COc1cc(N2C[C@H]3CC[C@@H](C2)C3Cc2nc3c(C(C)C)ccc(OCC(F)(F)F)n3n2)ccn1. The molecule has 2 fully saturated rings. The lowest BCUT2D eigenvalue weighted by molar-refractivity contribution is -0.154. The molecule has 3 aromatic rings. The minimum Gasteiger partial charge on any atom is -0.481 e. The molecule has 188 valence electrons. The molecule has 3 atom stereocenters. The van der Waals surface area contributed by atoms with Gasteiger partial charge in [0, 0.05) is 43.5 Å². The second-order valence-corrected chi connectivity index (χ2v) is 9.88. The van der Waals surface area contributed by atoms with Crippen LogP contribution in [0.4, 0.5) is 18.9 Å². The molecule has 1 aliphatic carbocycles. The highest BCUT2D eigenvalue weighted by atomic mass is 19.4. The summed E-state index contributed by atoms with van der Waals surface area (Å²) in [6.45, 7) is 4.59. The molecule has 10 heteroatoms. The van der Waals surface area contributed by atoms with Crippen LogP contribution in [0.15, 0.2) is 30.5 Å². The van der Waals surface area contributed by atoms with E-state index in [1.165, 1.54) is 4.52 Å². The molecule has 1 saturated carbocycles. The van der Waals surface area contributed by atoms with Crippen LogP contribution in [0.5, 0.6) is 11.8 Å². The maximum absolute atomic E-state index is 12.8. The summed E-state index contributed by atoms with van der Waals surface area (Å²) in [6, 6.07) is 7.33. The molecule has 0 N–H and O–H groups in total. The molecule has 1 unspecified atom stereocenters. The summed E-state index contributed by atoms with van der Waals surface area (Å²) in [7, 11) is 1.62. The van der Waals surface area contributed by atoms with Gasteiger partial charge in [-0.1, -0.05) is 13.8 Å². The molecule has 0 amide bonds. The molecule has 2 aliphatic rings. The first-order chi connectivity index (χ1) is 16.7. The zero-order valence-electron chi connectivity index (χ0n) is 20.1. The number of hydrogen-bond acceptors (Lipinski definition) is 6. The Hall–Kier alpha value is -3.04. The molecule has 7 nitrogen and oxygen atoms in total. The lowest BCUT2D eigenvalue weighted by Crippen LogP contribution is -2.42. The zero-order chi connectivity index (χ0) is 24.7. The van der Waals surface area contributed by atoms with Crippen LogP contribution < -0.4 is 14.4 Å². The van der Waals surface area contributed by atoms with E-state index in [1.807, 2.05) is 26.0 Å². The van der Waals surface area contributed by atoms with Gasteiger partial charge in [-0.05, 0) is 54.2 Å². The molecule has 1 saturated heterocycles. The van der Waals surface area contributed by atoms with E-state index >= 15 is 0 Å². The van der Waals surface area contributed by atoms with Gasteiger partial charge in [0.1, 0.15) is 0 Å². The van der Waals surface area contributed by atoms with E-state index in [0.717, 1.165) is 37.2 Å². The smallest absolute Gasteiger partial charge is 0.422 e. The van der Waals surface area contributed by atoms with Crippen LogP contribution in [-0.4, -0.2) is 52.6 Å². The second-order valence-electron chi connectivity index (χ2n) is 9.88. The molecule has 3 aromatic heterocycles. The number of rotatable bonds is 7. The van der Waals surface area contributed by atoms with Crippen molar-refractivity contribution in [3.05, 3.63) is 41.9 Å². The summed E-state index contributed by atoms with van der Waals surface area (Å²) < 4.78 is 50.1. The van der Waals surface area contributed by atoms with Crippen LogP contribution in [0.25, 0.3) is 5.65 Å². The summed E-state index contributed by atoms with van der Waals surface area (Å²) >= 11 is 0. The Morgan fingerprint density at radius 1 is 1.11 bits per heavy atom. The quantitative estimate of drug-likeness (QED) is 0.470. The lowest BCUT2D eigenvalue weighted by atomic mass is 9.82. The van der Waals surface area contributed by atoms with Gasteiger partial charge in [0.25, 0.3) is 0 Å². The molecule has 1 aliphatic heterocycles. The Balaban J connectivity index is 1.37. The van der Waals surface area contributed by atoms with Crippen molar-refractivity contribution in [1.29, 1.82) is 0 Å². The van der Waals surface area contributed by atoms with Crippen molar-refractivity contribution in [3.8, 4) is 11.8 Å². The average Bonchev–Trinajstić information content (AvgIpc) is 3.33. The van der Waals surface area contributed by atoms with Gasteiger partial charge in [0.05, 0.1) is 7.11 Å². The Bertz CT molecular complexity index is 1180. The molecule has 0 aromatic carbocycles. The predicted molar refractivity (Wildman–Crippen MR) is 125 cm³/mol. The fourth-order valence-electron chi connectivity index (χ4n) is 5.60. The summed E-state index contributed by atoms with van der Waals surface area (Å²) in [5.41, 5.74) is 2.63. The summed E-state index contributed by atoms with van der Waals surface area (Å²) in [4.78, 5) is 11.4. The summed E-state index contributed by atoms with van der Waals surface area (Å²) in [6.07, 6.45) is 0.365. The maximum Gasteiger partial charge on any atom is 0.422 e. The maximum atomic E-state index is 12.8. The number of nitrogens with zero attached hydrogens (tertiary/aromatic N) is 5. The van der Waals surface area contributed by atoms with Gasteiger partial charge >= 0.3 is 6.18 Å². The van der Waals surface area contributed by atoms with E-state index in [-0.39, 0.29) is 11.8 Å². The van der Waals surface area contributed by atoms with Crippen LogP contribution in [0.1, 0.15) is 44.0 Å². The molecule has 35 heavy (non-hydrogen) atoms. The zero-order valence-corrected chi connectivity index (χ0v) is 20.1. The van der Waals surface area contributed by atoms with Crippen LogP contribution >= 0.6 is 0 Å². The third-order valence-electron chi connectivity index (χ3n) is 7.27. The summed E-state index contributed by atoms with van der Waals surface area (Å²) in [5.74, 6) is 2.93. The first kappa shape index (κ1) is 23.7. The number of piperidine rings is 1. The Morgan fingerprint density at radius 3 is 2.51 bits per heavy atom. The van der Waals surface area contributed by atoms with Gasteiger partial charge < -0.3 is 14.4 Å². The topological polar surface area (TPSA) is 64.8 Å². The fraction of sp³-hybridized carbons (Fsp3) is 0.560. The molecular weight excluding hydrogens is 459 g/mol. The van der Waals surface area contributed by atoms with Gasteiger partial charge in [-0.3, -0.25) is 0 Å². The van der Waals surface area contributed by atoms with Crippen molar-refractivity contribution in [1.82, 2.24) is 19.6 Å². The average molecular weight is 490 g/mol. The van der Waals surface area contributed by atoms with E-state index in [1.54, 1.807) is 25.4 Å². The van der Waals surface area contributed by atoms with Crippen LogP contribution in [0.3, 0.4) is 0 Å². The number of halogens is 3. The van der Waals surface area contributed by atoms with Crippen molar-refractivity contribution >= 4 is 11.3 Å². The van der Waals surface area contributed by atoms with Gasteiger partial charge in [-0.15, -0.1) is 5.10 Å². The normalized spacial score (nSPS) is 22.3. The first-order valence-electron chi connectivity index (χ1n) is 12.0. The summed E-state index contributed by atoms with van der Waals surface area (Å²) in [5, 5.41) is 4.62. The molecule has 0 radical (unpaired) electrons. The number of anilines is 1. The Labute approximate surface area is 202 Å². The van der Waals surface area contributed by atoms with Crippen molar-refractivity contribution in [3.63, 3.8) is 0 Å². The molecule has 0 spiro atoms. The van der Waals surface area contributed by atoms with Crippen molar-refractivity contribution < 1.29 is 22.6 Å². The number of aromatic nitrogens is 4. The number of hydrogen-bond donors (Lipinski definition) is 0. The van der Waals surface area contributed by atoms with Crippen LogP contribution in [0, 0.1) is 17.8 Å². The molecule has 2 bridgehead atoms. The third-order valence-corrected chi connectivity index (χ3v) is 7.27. The van der Waals surface area contributed by atoms with Gasteiger partial charge in [-0.2, -0.15) is 17.7 Å². The monoisotopic (exact) mass is 489 g/mol. The van der Waals surface area contributed by atoms with E-state index in [9.17, 15) is 13.2 Å². The lowest BCUT2D eigenvalue weighted by Gasteiger charge is -2.39. The second kappa shape index (κ2) is 9.20. The Morgan fingerprint density at radius 2 is 1.86 bits per heavy atom. The fourth-order valence-corrected chi connectivity index (χ4v) is 5.60. The standard InChI is InChI=1S/C25H30F3N5O2/c1-15(2)19-6-7-23(35-14-25(26,27)28)33-24(19)30-21(31-33)11-20-16-4-5-17(20)13-32(12-16)18-8-9-29-22(10-18)34-3/h6-10,15-17,20H,4-5,11-14H2,1-3H3/t16-,17+,20?. The van der Waals surface area contributed by atoms with Crippen molar-refractivity contribution in [2.45, 2.75) is 45.2 Å². The highest BCUT2D eigenvalue weighted by molar-refractivity contribution is 5.52. The van der Waals surface area contributed by atoms with Crippen LogP contribution in [-0.2, 0) is 6.42 Å². The first-order valence-corrected chi connectivity index (χ1v) is 12.0. The van der Waals surface area contributed by atoms with E-state index < -0.39 is 12.8 Å². The third kappa shape index (κ3) is 4.88. The largest absolute Gasteiger partial charge is 0.481 e. The highest BCUT2D eigenvalue weighted by Crippen LogP contribution is 2.44. The van der Waals surface area contributed by atoms with E-state index in [2.05, 4.69) is 15.0 Å². The van der Waals surface area contributed by atoms with Crippen molar-refractivity contribution in [2.75, 3.05) is 31.7 Å². The Kier molecular flexibility index (Phi) is 6.23. The van der Waals surface area contributed by atoms with Crippen molar-refractivity contribution in [2.24, 2.45) is 17.8 Å². The number of fused-ring (bicyclic) bond motifs is 3. The predicted octanol–water partition coefficient (Wildman–Crippen LogP) is 4.90. The number of ether oxygens (including phenoxy) is 2. The van der Waals surface area contributed by atoms with Gasteiger partial charge in [0.2, 0.25) is 11.8 Å². The van der Waals surface area contributed by atoms with E-state index in [0.29, 0.717) is 41.5 Å². The number of pyridine rings is 2. The van der Waals surface area contributed by atoms with E-state index in [4.69, 9.17) is 14.5 Å². The highest BCUT2D eigenvalue weighted by Gasteiger charge is 2.42. The minimum absolute atomic E-state index is 0.0601. The number of methoxy groups -OCH3 is 1. The molecule has 5 rings (SSSR count). The molecular formula is C25H30F3N5O2. The number of alkyl halides is 3. The van der Waals surface area contributed by atoms with Gasteiger partial charge in [-0.25, -0.2) is 9.97 Å². The van der Waals surface area contributed by atoms with Crippen LogP contribution in [0.2, 0.25) is 0 Å². The minimum atomic E-state index is -4.42.